The fourth-order valence-electron chi connectivity index (χ4n) is 3.90. The molecule has 0 unspecified atom stereocenters. The van der Waals surface area contributed by atoms with Crippen molar-refractivity contribution < 1.29 is 18.3 Å². The number of nitrogens with zero attached hydrogens (tertiary/aromatic N) is 3. The molecule has 4 rings (SSSR count). The highest BCUT2D eigenvalue weighted by atomic mass is 32.2. The van der Waals surface area contributed by atoms with Gasteiger partial charge in [-0.1, -0.05) is 26.0 Å². The molecule has 1 aliphatic rings. The van der Waals surface area contributed by atoms with Crippen molar-refractivity contribution in [2.24, 2.45) is 5.10 Å². The second kappa shape index (κ2) is 10.5. The van der Waals surface area contributed by atoms with Crippen LogP contribution < -0.4 is 14.8 Å². The molecule has 1 aromatic heterocycles. The number of aromatic hydroxyl groups is 1. The third kappa shape index (κ3) is 5.49. The molecule has 0 radical (unpaired) electrons. The van der Waals surface area contributed by atoms with Gasteiger partial charge in [-0.3, -0.25) is 0 Å². The lowest BCUT2D eigenvalue weighted by Gasteiger charge is -2.21. The number of sulfonamides is 1. The van der Waals surface area contributed by atoms with E-state index >= 15 is 0 Å². The fourth-order valence-corrected chi connectivity index (χ4v) is 4.94. The molecule has 0 bridgehead atoms. The molecule has 0 spiro atoms. The molecule has 35 heavy (non-hydrogen) atoms. The van der Waals surface area contributed by atoms with E-state index in [1.54, 1.807) is 24.3 Å². The molecule has 186 valence electrons. The Bertz CT molecular complexity index is 1350. The summed E-state index contributed by atoms with van der Waals surface area (Å²) in [5.41, 5.74) is 3.14. The summed E-state index contributed by atoms with van der Waals surface area (Å²) < 4.78 is 36.6. The van der Waals surface area contributed by atoms with Gasteiger partial charge in [0.15, 0.2) is 5.84 Å². The van der Waals surface area contributed by atoms with Gasteiger partial charge in [0.05, 0.1) is 35.0 Å². The molecule has 2 heterocycles. The Balaban J connectivity index is 1.69. The van der Waals surface area contributed by atoms with Crippen molar-refractivity contribution in [3.63, 3.8) is 0 Å². The van der Waals surface area contributed by atoms with E-state index in [1.165, 1.54) is 18.2 Å². The summed E-state index contributed by atoms with van der Waals surface area (Å²) >= 11 is 0. The lowest BCUT2D eigenvalue weighted by atomic mass is 10.1. The molecule has 3 N–H and O–H groups in total. The second-order valence-corrected chi connectivity index (χ2v) is 10.2. The molecule has 0 atom stereocenters. The van der Waals surface area contributed by atoms with E-state index in [-0.39, 0.29) is 17.2 Å². The van der Waals surface area contributed by atoms with Crippen molar-refractivity contribution in [2.75, 3.05) is 6.61 Å². The molecule has 0 fully saturated rings. The van der Waals surface area contributed by atoms with E-state index in [0.29, 0.717) is 35.9 Å². The van der Waals surface area contributed by atoms with Gasteiger partial charge in [0, 0.05) is 13.0 Å². The van der Waals surface area contributed by atoms with Crippen molar-refractivity contribution in [1.29, 1.82) is 0 Å². The zero-order valence-corrected chi connectivity index (χ0v) is 21.0. The molecule has 0 amide bonds. The molecule has 10 heteroatoms. The number of imidazole rings is 1. The third-order valence-corrected chi connectivity index (χ3v) is 7.07. The van der Waals surface area contributed by atoms with Crippen LogP contribution in [0, 0.1) is 6.92 Å². The number of ether oxygens (including phenoxy) is 1. The van der Waals surface area contributed by atoms with Crippen LogP contribution in [-0.2, 0) is 29.5 Å². The maximum absolute atomic E-state index is 13.1. The zero-order valence-electron chi connectivity index (χ0n) is 20.2. The number of phenols is 1. The maximum atomic E-state index is 13.1. The minimum atomic E-state index is -3.83. The highest BCUT2D eigenvalue weighted by Gasteiger charge is 2.24. The Labute approximate surface area is 205 Å². The SMILES string of the molecule is CCCOc1ccc(S(=O)(=O)NCc2cccc(O)c2)cc1C1=Nn2c(CCC)nc(C)c2CN1. The van der Waals surface area contributed by atoms with Crippen molar-refractivity contribution in [2.45, 2.75) is 58.0 Å². The van der Waals surface area contributed by atoms with Crippen LogP contribution in [0.15, 0.2) is 52.5 Å². The smallest absolute Gasteiger partial charge is 0.240 e. The summed E-state index contributed by atoms with van der Waals surface area (Å²) in [6, 6.07) is 11.2. The largest absolute Gasteiger partial charge is 0.508 e. The average Bonchev–Trinajstić information content (AvgIpc) is 3.16. The summed E-state index contributed by atoms with van der Waals surface area (Å²) in [6.45, 7) is 7.15. The zero-order chi connectivity index (χ0) is 25.0. The van der Waals surface area contributed by atoms with Crippen LogP contribution in [0.4, 0.5) is 0 Å². The molecule has 1 aliphatic heterocycles. The number of aryl methyl sites for hydroxylation is 2. The van der Waals surface area contributed by atoms with E-state index in [9.17, 15) is 13.5 Å². The number of rotatable bonds is 10. The van der Waals surface area contributed by atoms with Crippen LogP contribution in [0.2, 0.25) is 0 Å². The van der Waals surface area contributed by atoms with E-state index < -0.39 is 10.0 Å². The van der Waals surface area contributed by atoms with Crippen LogP contribution in [0.1, 0.15) is 55.0 Å². The Kier molecular flexibility index (Phi) is 7.42. The number of hydrogen-bond acceptors (Lipinski definition) is 7. The average molecular weight is 498 g/mol. The van der Waals surface area contributed by atoms with Gasteiger partial charge in [0.1, 0.15) is 17.3 Å². The molecule has 9 nitrogen and oxygen atoms in total. The van der Waals surface area contributed by atoms with Crippen molar-refractivity contribution >= 4 is 15.9 Å². The minimum absolute atomic E-state index is 0.0530. The first-order chi connectivity index (χ1) is 16.8. The topological polar surface area (TPSA) is 118 Å². The number of amidine groups is 1. The fraction of sp³-hybridized carbons (Fsp3) is 0.360. The number of phenolic OH excluding ortho intramolecular Hbond substituents is 1. The predicted molar refractivity (Wildman–Crippen MR) is 134 cm³/mol. The molecule has 0 aliphatic carbocycles. The Hall–Kier alpha value is -3.37. The van der Waals surface area contributed by atoms with Gasteiger partial charge in [-0.15, -0.1) is 5.10 Å². The molecule has 3 aromatic rings. The van der Waals surface area contributed by atoms with Gasteiger partial charge >= 0.3 is 0 Å². The lowest BCUT2D eigenvalue weighted by Crippen LogP contribution is -2.32. The monoisotopic (exact) mass is 497 g/mol. The normalized spacial score (nSPS) is 13.2. The standard InChI is InChI=1S/C25H31N5O4S/c1-4-7-24-28-17(3)22-16-26-25(29-30(22)24)21-14-20(10-11-23(21)34-12-5-2)35(32,33)27-15-18-8-6-9-19(31)13-18/h6,8-11,13-14,27,31H,4-5,7,12,15-16H2,1-3H3,(H,26,29). The second-order valence-electron chi connectivity index (χ2n) is 8.42. The Morgan fingerprint density at radius 2 is 2.00 bits per heavy atom. The summed E-state index contributed by atoms with van der Waals surface area (Å²) in [7, 11) is -3.83. The predicted octanol–water partition coefficient (Wildman–Crippen LogP) is 3.43. The minimum Gasteiger partial charge on any atom is -0.508 e. The van der Waals surface area contributed by atoms with E-state index in [4.69, 9.17) is 9.84 Å². The highest BCUT2D eigenvalue weighted by molar-refractivity contribution is 7.89. The molecule has 0 saturated heterocycles. The lowest BCUT2D eigenvalue weighted by molar-refractivity contribution is 0.316. The summed E-state index contributed by atoms with van der Waals surface area (Å²) in [5, 5.41) is 17.7. The summed E-state index contributed by atoms with van der Waals surface area (Å²) in [5.74, 6) is 2.05. The van der Waals surface area contributed by atoms with Crippen LogP contribution in [-0.4, -0.2) is 35.6 Å². The van der Waals surface area contributed by atoms with Crippen LogP contribution >= 0.6 is 0 Å². The first kappa shape index (κ1) is 24.7. The molecular weight excluding hydrogens is 466 g/mol. The Morgan fingerprint density at radius 3 is 2.74 bits per heavy atom. The van der Waals surface area contributed by atoms with Gasteiger partial charge < -0.3 is 15.2 Å². The molecule has 2 aromatic carbocycles. The van der Waals surface area contributed by atoms with Crippen LogP contribution in [0.25, 0.3) is 0 Å². The number of fused-ring (bicyclic) bond motifs is 1. The van der Waals surface area contributed by atoms with Gasteiger partial charge in [-0.2, -0.15) is 0 Å². The summed E-state index contributed by atoms with van der Waals surface area (Å²) in [4.78, 5) is 4.76. The first-order valence-electron chi connectivity index (χ1n) is 11.8. The first-order valence-corrected chi connectivity index (χ1v) is 13.3. The van der Waals surface area contributed by atoms with Gasteiger partial charge in [-0.25, -0.2) is 22.8 Å². The van der Waals surface area contributed by atoms with Gasteiger partial charge in [0.2, 0.25) is 10.0 Å². The van der Waals surface area contributed by atoms with E-state index in [0.717, 1.165) is 36.5 Å². The van der Waals surface area contributed by atoms with Crippen molar-refractivity contribution in [3.05, 3.63) is 70.8 Å². The number of nitrogens with one attached hydrogen (secondary N) is 2. The molecule has 0 saturated carbocycles. The number of benzene rings is 2. The van der Waals surface area contributed by atoms with Crippen LogP contribution in [0.5, 0.6) is 11.5 Å². The maximum Gasteiger partial charge on any atom is 0.240 e. The quantitative estimate of drug-likeness (QED) is 0.395. The summed E-state index contributed by atoms with van der Waals surface area (Å²) in [6.07, 6.45) is 2.55. The van der Waals surface area contributed by atoms with E-state index in [1.807, 2.05) is 18.5 Å². The van der Waals surface area contributed by atoms with Gasteiger partial charge in [-0.05, 0) is 55.7 Å². The highest BCUT2D eigenvalue weighted by Crippen LogP contribution is 2.26. The van der Waals surface area contributed by atoms with E-state index in [2.05, 4.69) is 21.9 Å². The Morgan fingerprint density at radius 1 is 1.17 bits per heavy atom. The number of aromatic nitrogens is 2. The van der Waals surface area contributed by atoms with Gasteiger partial charge in [0.25, 0.3) is 0 Å². The van der Waals surface area contributed by atoms with Crippen molar-refractivity contribution in [1.82, 2.24) is 19.7 Å². The van der Waals surface area contributed by atoms with Crippen molar-refractivity contribution in [3.8, 4) is 11.5 Å². The number of hydrogen-bond donors (Lipinski definition) is 3. The molecular formula is C25H31N5O4S. The third-order valence-electron chi connectivity index (χ3n) is 5.67. The van der Waals surface area contributed by atoms with Crippen LogP contribution in [0.3, 0.4) is 0 Å².